The predicted molar refractivity (Wildman–Crippen MR) is 71.3 cm³/mol. The average molecular weight is 232 g/mol. The number of carbonyl (C=O) groups excluding carboxylic acids is 1. The van der Waals surface area contributed by atoms with Crippen LogP contribution in [-0.4, -0.2) is 12.5 Å². The molecule has 0 aliphatic carbocycles. The van der Waals surface area contributed by atoms with Crippen LogP contribution < -0.4 is 10.6 Å². The highest BCUT2D eigenvalue weighted by atomic mass is 16.1. The van der Waals surface area contributed by atoms with Crippen LogP contribution in [0.3, 0.4) is 0 Å². The zero-order valence-electron chi connectivity index (χ0n) is 10.8. The van der Waals surface area contributed by atoms with E-state index in [9.17, 15) is 4.79 Å². The minimum atomic E-state index is 0.0301. The zero-order valence-corrected chi connectivity index (χ0v) is 10.8. The Labute approximate surface area is 103 Å². The summed E-state index contributed by atoms with van der Waals surface area (Å²) in [7, 11) is 0. The molecule has 3 heteroatoms. The minimum absolute atomic E-state index is 0.0301. The summed E-state index contributed by atoms with van der Waals surface area (Å²) in [5.74, 6) is 0.0865. The van der Waals surface area contributed by atoms with Crippen LogP contribution in [0.1, 0.15) is 32.8 Å². The topological polar surface area (TPSA) is 41.1 Å². The number of benzene rings is 1. The molecule has 0 saturated carbocycles. The van der Waals surface area contributed by atoms with E-state index >= 15 is 0 Å². The predicted octanol–water partition coefficient (Wildman–Crippen LogP) is 3.03. The maximum atomic E-state index is 11.8. The highest BCUT2D eigenvalue weighted by Crippen LogP contribution is 2.26. The Hall–Kier alpha value is -1.51. The Morgan fingerprint density at radius 1 is 1.41 bits per heavy atom. The Morgan fingerprint density at radius 3 is 2.88 bits per heavy atom. The standard InChI is InChI=1S/C14H20N2O/c1-14(2,3)9-13(17)16-11-4-5-12-10(8-11)6-7-15-12/h4-5,8,15H,6-7,9H2,1-3H3,(H,16,17). The number of rotatable bonds is 2. The first-order chi connectivity index (χ1) is 7.94. The van der Waals surface area contributed by atoms with Crippen molar-refractivity contribution in [3.8, 4) is 0 Å². The van der Waals surface area contributed by atoms with E-state index in [1.165, 1.54) is 11.3 Å². The Bertz CT molecular complexity index is 432. The highest BCUT2D eigenvalue weighted by Gasteiger charge is 2.16. The summed E-state index contributed by atoms with van der Waals surface area (Å²) >= 11 is 0. The number of nitrogens with one attached hydrogen (secondary N) is 2. The van der Waals surface area contributed by atoms with Gasteiger partial charge in [0.2, 0.25) is 5.91 Å². The van der Waals surface area contributed by atoms with Crippen molar-refractivity contribution in [2.45, 2.75) is 33.6 Å². The van der Waals surface area contributed by atoms with Gasteiger partial charge in [0, 0.05) is 24.3 Å². The van der Waals surface area contributed by atoms with Gasteiger partial charge >= 0.3 is 0 Å². The van der Waals surface area contributed by atoms with E-state index in [1.54, 1.807) is 0 Å². The Kier molecular flexibility index (Phi) is 3.09. The molecule has 0 radical (unpaired) electrons. The summed E-state index contributed by atoms with van der Waals surface area (Å²) in [5, 5.41) is 6.27. The second-order valence-electron chi connectivity index (χ2n) is 5.83. The van der Waals surface area contributed by atoms with Gasteiger partial charge in [-0.3, -0.25) is 4.79 Å². The lowest BCUT2D eigenvalue weighted by Gasteiger charge is -2.17. The maximum absolute atomic E-state index is 11.8. The van der Waals surface area contributed by atoms with Crippen molar-refractivity contribution in [3.05, 3.63) is 23.8 Å². The van der Waals surface area contributed by atoms with Gasteiger partial charge in [0.1, 0.15) is 0 Å². The second kappa shape index (κ2) is 4.40. The molecule has 2 N–H and O–H groups in total. The lowest BCUT2D eigenvalue weighted by Crippen LogP contribution is -2.19. The molecular weight excluding hydrogens is 212 g/mol. The molecule has 0 atom stereocenters. The van der Waals surface area contributed by atoms with E-state index in [0.29, 0.717) is 6.42 Å². The van der Waals surface area contributed by atoms with Gasteiger partial charge in [0.15, 0.2) is 0 Å². The number of amides is 1. The van der Waals surface area contributed by atoms with E-state index in [1.807, 2.05) is 12.1 Å². The average Bonchev–Trinajstić information content (AvgIpc) is 2.61. The number of fused-ring (bicyclic) bond motifs is 1. The van der Waals surface area contributed by atoms with Crippen molar-refractivity contribution in [3.63, 3.8) is 0 Å². The van der Waals surface area contributed by atoms with Gasteiger partial charge in [-0.25, -0.2) is 0 Å². The van der Waals surface area contributed by atoms with Crippen LogP contribution in [0.2, 0.25) is 0 Å². The van der Waals surface area contributed by atoms with Crippen LogP contribution in [0.4, 0.5) is 11.4 Å². The van der Waals surface area contributed by atoms with Gasteiger partial charge in [-0.1, -0.05) is 20.8 Å². The van der Waals surface area contributed by atoms with Crippen molar-refractivity contribution in [1.29, 1.82) is 0 Å². The monoisotopic (exact) mass is 232 g/mol. The van der Waals surface area contributed by atoms with Gasteiger partial charge < -0.3 is 10.6 Å². The lowest BCUT2D eigenvalue weighted by atomic mass is 9.92. The molecule has 0 spiro atoms. The number of hydrogen-bond donors (Lipinski definition) is 2. The molecule has 1 heterocycles. The summed E-state index contributed by atoms with van der Waals surface area (Å²) in [6.45, 7) is 7.20. The molecule has 1 amide bonds. The third-order valence-electron chi connectivity index (χ3n) is 2.79. The third-order valence-corrected chi connectivity index (χ3v) is 2.79. The van der Waals surface area contributed by atoms with Crippen molar-refractivity contribution in [2.75, 3.05) is 17.2 Å². The van der Waals surface area contributed by atoms with Crippen LogP contribution in [0.5, 0.6) is 0 Å². The van der Waals surface area contributed by atoms with E-state index in [2.05, 4.69) is 37.5 Å². The molecule has 0 fully saturated rings. The van der Waals surface area contributed by atoms with Gasteiger partial charge in [0.25, 0.3) is 0 Å². The van der Waals surface area contributed by atoms with Crippen LogP contribution in [0.25, 0.3) is 0 Å². The molecule has 1 aliphatic heterocycles. The minimum Gasteiger partial charge on any atom is -0.384 e. The largest absolute Gasteiger partial charge is 0.384 e. The van der Waals surface area contributed by atoms with E-state index in [4.69, 9.17) is 0 Å². The zero-order chi connectivity index (χ0) is 12.5. The van der Waals surface area contributed by atoms with E-state index in [-0.39, 0.29) is 11.3 Å². The molecule has 0 saturated heterocycles. The third kappa shape index (κ3) is 3.22. The fourth-order valence-corrected chi connectivity index (χ4v) is 2.07. The fourth-order valence-electron chi connectivity index (χ4n) is 2.07. The Balaban J connectivity index is 2.02. The van der Waals surface area contributed by atoms with Gasteiger partial charge in [0.05, 0.1) is 0 Å². The normalized spacial score (nSPS) is 14.1. The van der Waals surface area contributed by atoms with Crippen molar-refractivity contribution in [2.24, 2.45) is 5.41 Å². The molecule has 1 aliphatic rings. The molecule has 2 rings (SSSR count). The first-order valence-corrected chi connectivity index (χ1v) is 6.11. The molecule has 92 valence electrons. The molecular formula is C14H20N2O. The molecule has 0 unspecified atom stereocenters. The molecule has 0 aromatic heterocycles. The second-order valence-corrected chi connectivity index (χ2v) is 5.83. The van der Waals surface area contributed by atoms with E-state index in [0.717, 1.165) is 18.7 Å². The van der Waals surface area contributed by atoms with Crippen molar-refractivity contribution in [1.82, 2.24) is 0 Å². The number of anilines is 2. The number of carbonyl (C=O) groups is 1. The van der Waals surface area contributed by atoms with Crippen LogP contribution in [-0.2, 0) is 11.2 Å². The molecule has 3 nitrogen and oxygen atoms in total. The smallest absolute Gasteiger partial charge is 0.224 e. The Morgan fingerprint density at radius 2 is 2.18 bits per heavy atom. The fraction of sp³-hybridized carbons (Fsp3) is 0.500. The summed E-state index contributed by atoms with van der Waals surface area (Å²) in [5.41, 5.74) is 3.42. The summed E-state index contributed by atoms with van der Waals surface area (Å²) in [6.07, 6.45) is 1.58. The molecule has 1 aromatic carbocycles. The quantitative estimate of drug-likeness (QED) is 0.823. The van der Waals surface area contributed by atoms with Crippen molar-refractivity contribution >= 4 is 17.3 Å². The number of hydrogen-bond acceptors (Lipinski definition) is 2. The van der Waals surface area contributed by atoms with Gasteiger partial charge in [-0.2, -0.15) is 0 Å². The highest BCUT2D eigenvalue weighted by molar-refractivity contribution is 5.91. The summed E-state index contributed by atoms with van der Waals surface area (Å²) < 4.78 is 0. The SMILES string of the molecule is CC(C)(C)CC(=O)Nc1ccc2c(c1)CCN2. The van der Waals surface area contributed by atoms with Gasteiger partial charge in [-0.05, 0) is 35.6 Å². The van der Waals surface area contributed by atoms with E-state index < -0.39 is 0 Å². The molecule has 1 aromatic rings. The lowest BCUT2D eigenvalue weighted by molar-refractivity contribution is -0.117. The van der Waals surface area contributed by atoms with Crippen LogP contribution in [0.15, 0.2) is 18.2 Å². The maximum Gasteiger partial charge on any atom is 0.224 e. The summed E-state index contributed by atoms with van der Waals surface area (Å²) in [6, 6.07) is 6.06. The van der Waals surface area contributed by atoms with Gasteiger partial charge in [-0.15, -0.1) is 0 Å². The summed E-state index contributed by atoms with van der Waals surface area (Å²) in [4.78, 5) is 11.8. The van der Waals surface area contributed by atoms with Crippen molar-refractivity contribution < 1.29 is 4.79 Å². The molecule has 0 bridgehead atoms. The van der Waals surface area contributed by atoms with Crippen LogP contribution >= 0.6 is 0 Å². The molecule has 17 heavy (non-hydrogen) atoms. The first-order valence-electron chi connectivity index (χ1n) is 6.11. The van der Waals surface area contributed by atoms with Crippen LogP contribution in [0, 0.1) is 5.41 Å². The first kappa shape index (κ1) is 12.0.